The third kappa shape index (κ3) is 3.65. The number of carbonyl (C=O) groups excluding carboxylic acids is 1. The van der Waals surface area contributed by atoms with Crippen molar-refractivity contribution in [1.82, 2.24) is 10.3 Å². The van der Waals surface area contributed by atoms with Crippen molar-refractivity contribution in [2.75, 3.05) is 12.3 Å². The molecule has 0 unspecified atom stereocenters. The van der Waals surface area contributed by atoms with Crippen LogP contribution in [0.3, 0.4) is 0 Å². The lowest BCUT2D eigenvalue weighted by molar-refractivity contribution is 0.0953. The quantitative estimate of drug-likeness (QED) is 0.851. The molecule has 2 aromatic rings. The van der Waals surface area contributed by atoms with Crippen LogP contribution in [0.15, 0.2) is 46.5 Å². The fraction of sp³-hybridized carbons (Fsp3) is 0.143. The number of nitrogen functional groups attached to an aromatic ring is 1. The molecule has 4 nitrogen and oxygen atoms in total. The van der Waals surface area contributed by atoms with Gasteiger partial charge in [-0.15, -0.1) is 0 Å². The molecule has 0 aliphatic carbocycles. The SMILES string of the molecule is CCNC(=O)c1ccc(N)cc1Sc1ccc(Cl)cn1. The molecule has 2 rings (SSSR count). The number of rotatable bonds is 4. The van der Waals surface area contributed by atoms with Crippen LogP contribution in [0.25, 0.3) is 0 Å². The van der Waals surface area contributed by atoms with Crippen molar-refractivity contribution in [3.8, 4) is 0 Å². The molecule has 0 atom stereocenters. The van der Waals surface area contributed by atoms with E-state index in [0.717, 1.165) is 9.92 Å². The van der Waals surface area contributed by atoms with Crippen LogP contribution in [0.4, 0.5) is 5.69 Å². The maximum atomic E-state index is 12.0. The number of pyridine rings is 1. The molecular formula is C14H14ClN3OS. The van der Waals surface area contributed by atoms with Crippen molar-refractivity contribution < 1.29 is 4.79 Å². The Labute approximate surface area is 126 Å². The van der Waals surface area contributed by atoms with E-state index in [1.165, 1.54) is 11.8 Å². The molecule has 0 aliphatic rings. The summed E-state index contributed by atoms with van der Waals surface area (Å²) in [6.07, 6.45) is 1.57. The van der Waals surface area contributed by atoms with Crippen LogP contribution in [-0.4, -0.2) is 17.4 Å². The lowest BCUT2D eigenvalue weighted by atomic mass is 10.2. The lowest BCUT2D eigenvalue weighted by Gasteiger charge is -2.09. The number of amides is 1. The average Bonchev–Trinajstić information content (AvgIpc) is 2.42. The Morgan fingerprint density at radius 2 is 2.20 bits per heavy atom. The van der Waals surface area contributed by atoms with Gasteiger partial charge in [0.1, 0.15) is 5.03 Å². The van der Waals surface area contributed by atoms with Gasteiger partial charge in [0, 0.05) is 23.3 Å². The van der Waals surface area contributed by atoms with Gasteiger partial charge >= 0.3 is 0 Å². The van der Waals surface area contributed by atoms with E-state index in [9.17, 15) is 4.79 Å². The summed E-state index contributed by atoms with van der Waals surface area (Å²) >= 11 is 7.19. The standard InChI is InChI=1S/C14H14ClN3OS/c1-2-17-14(19)11-5-4-10(16)7-12(11)20-13-6-3-9(15)8-18-13/h3-8H,2,16H2,1H3,(H,17,19). The lowest BCUT2D eigenvalue weighted by Crippen LogP contribution is -2.23. The highest BCUT2D eigenvalue weighted by molar-refractivity contribution is 7.99. The first-order valence-electron chi connectivity index (χ1n) is 6.07. The van der Waals surface area contributed by atoms with E-state index in [-0.39, 0.29) is 5.91 Å². The minimum Gasteiger partial charge on any atom is -0.399 e. The van der Waals surface area contributed by atoms with E-state index < -0.39 is 0 Å². The summed E-state index contributed by atoms with van der Waals surface area (Å²) in [5.41, 5.74) is 6.98. The summed E-state index contributed by atoms with van der Waals surface area (Å²) in [4.78, 5) is 17.0. The molecule has 0 saturated heterocycles. The highest BCUT2D eigenvalue weighted by Gasteiger charge is 2.12. The van der Waals surface area contributed by atoms with Crippen molar-refractivity contribution in [2.45, 2.75) is 16.8 Å². The molecule has 0 bridgehead atoms. The zero-order valence-corrected chi connectivity index (χ0v) is 12.5. The molecule has 0 spiro atoms. The molecular weight excluding hydrogens is 294 g/mol. The predicted molar refractivity (Wildman–Crippen MR) is 82.2 cm³/mol. The molecule has 104 valence electrons. The molecule has 1 aromatic carbocycles. The van der Waals surface area contributed by atoms with Crippen LogP contribution in [0.5, 0.6) is 0 Å². The van der Waals surface area contributed by atoms with E-state index in [0.29, 0.717) is 22.8 Å². The molecule has 1 heterocycles. The van der Waals surface area contributed by atoms with Crippen LogP contribution in [-0.2, 0) is 0 Å². The van der Waals surface area contributed by atoms with Gasteiger partial charge < -0.3 is 11.1 Å². The van der Waals surface area contributed by atoms with Crippen LogP contribution in [0, 0.1) is 0 Å². The molecule has 3 N–H and O–H groups in total. The van der Waals surface area contributed by atoms with Crippen LogP contribution < -0.4 is 11.1 Å². The average molecular weight is 308 g/mol. The third-order valence-electron chi connectivity index (χ3n) is 2.50. The monoisotopic (exact) mass is 307 g/mol. The van der Waals surface area contributed by atoms with Crippen LogP contribution >= 0.6 is 23.4 Å². The van der Waals surface area contributed by atoms with E-state index in [1.54, 1.807) is 36.5 Å². The molecule has 0 aliphatic heterocycles. The highest BCUT2D eigenvalue weighted by Crippen LogP contribution is 2.31. The molecule has 6 heteroatoms. The Morgan fingerprint density at radius 3 is 2.85 bits per heavy atom. The smallest absolute Gasteiger partial charge is 0.252 e. The maximum Gasteiger partial charge on any atom is 0.252 e. The molecule has 0 saturated carbocycles. The van der Waals surface area contributed by atoms with Crippen molar-refractivity contribution in [3.05, 3.63) is 47.1 Å². The van der Waals surface area contributed by atoms with E-state index in [4.69, 9.17) is 17.3 Å². The van der Waals surface area contributed by atoms with Gasteiger partial charge in [-0.1, -0.05) is 23.4 Å². The zero-order chi connectivity index (χ0) is 14.5. The summed E-state index contributed by atoms with van der Waals surface area (Å²) in [5.74, 6) is -0.121. The maximum absolute atomic E-state index is 12.0. The van der Waals surface area contributed by atoms with Crippen molar-refractivity contribution >= 4 is 35.0 Å². The first kappa shape index (κ1) is 14.7. The zero-order valence-electron chi connectivity index (χ0n) is 10.9. The summed E-state index contributed by atoms with van der Waals surface area (Å²) in [6.45, 7) is 2.45. The first-order chi connectivity index (χ1) is 9.60. The Morgan fingerprint density at radius 1 is 1.40 bits per heavy atom. The predicted octanol–water partition coefficient (Wildman–Crippen LogP) is 3.22. The van der Waals surface area contributed by atoms with Gasteiger partial charge in [-0.25, -0.2) is 4.98 Å². The number of anilines is 1. The Bertz CT molecular complexity index is 616. The fourth-order valence-electron chi connectivity index (χ4n) is 1.60. The minimum absolute atomic E-state index is 0.121. The highest BCUT2D eigenvalue weighted by atomic mass is 35.5. The number of hydrogen-bond donors (Lipinski definition) is 2. The Kier molecular flexibility index (Phi) is 4.87. The second-order valence-electron chi connectivity index (χ2n) is 4.03. The third-order valence-corrected chi connectivity index (χ3v) is 3.73. The number of hydrogen-bond acceptors (Lipinski definition) is 4. The van der Waals surface area contributed by atoms with Crippen LogP contribution in [0.2, 0.25) is 5.02 Å². The molecule has 1 aromatic heterocycles. The fourth-order valence-corrected chi connectivity index (χ4v) is 2.65. The van der Waals surface area contributed by atoms with Gasteiger partial charge in [-0.3, -0.25) is 4.79 Å². The number of halogens is 1. The minimum atomic E-state index is -0.121. The molecule has 20 heavy (non-hydrogen) atoms. The topological polar surface area (TPSA) is 68.0 Å². The van der Waals surface area contributed by atoms with Crippen molar-refractivity contribution in [3.63, 3.8) is 0 Å². The summed E-state index contributed by atoms with van der Waals surface area (Å²) in [6, 6.07) is 8.76. The summed E-state index contributed by atoms with van der Waals surface area (Å²) < 4.78 is 0. The van der Waals surface area contributed by atoms with E-state index in [1.807, 2.05) is 6.92 Å². The number of benzene rings is 1. The van der Waals surface area contributed by atoms with Gasteiger partial charge in [0.25, 0.3) is 5.91 Å². The largest absolute Gasteiger partial charge is 0.399 e. The van der Waals surface area contributed by atoms with Crippen molar-refractivity contribution in [1.29, 1.82) is 0 Å². The number of aromatic nitrogens is 1. The second-order valence-corrected chi connectivity index (χ2v) is 5.53. The molecule has 0 fully saturated rings. The van der Waals surface area contributed by atoms with Gasteiger partial charge in [0.15, 0.2) is 0 Å². The molecule has 0 radical (unpaired) electrons. The van der Waals surface area contributed by atoms with Gasteiger partial charge in [-0.2, -0.15) is 0 Å². The first-order valence-corrected chi connectivity index (χ1v) is 7.26. The Balaban J connectivity index is 2.31. The van der Waals surface area contributed by atoms with Gasteiger partial charge in [0.05, 0.1) is 10.6 Å². The normalized spacial score (nSPS) is 10.3. The summed E-state index contributed by atoms with van der Waals surface area (Å²) in [7, 11) is 0. The number of carbonyl (C=O) groups is 1. The second kappa shape index (κ2) is 6.63. The Hall–Kier alpha value is -1.72. The number of nitrogens with zero attached hydrogens (tertiary/aromatic N) is 1. The molecule has 1 amide bonds. The number of nitrogens with one attached hydrogen (secondary N) is 1. The van der Waals surface area contributed by atoms with Crippen LogP contribution in [0.1, 0.15) is 17.3 Å². The summed E-state index contributed by atoms with van der Waals surface area (Å²) in [5, 5.41) is 4.11. The van der Waals surface area contributed by atoms with Gasteiger partial charge in [-0.05, 0) is 37.3 Å². The van der Waals surface area contributed by atoms with Crippen molar-refractivity contribution in [2.24, 2.45) is 0 Å². The van der Waals surface area contributed by atoms with E-state index >= 15 is 0 Å². The number of nitrogens with two attached hydrogens (primary N) is 1. The van der Waals surface area contributed by atoms with Gasteiger partial charge in [0.2, 0.25) is 0 Å². The van der Waals surface area contributed by atoms with E-state index in [2.05, 4.69) is 10.3 Å².